The number of aromatic nitrogens is 4. The molecule has 0 unspecified atom stereocenters. The zero-order valence-corrected chi connectivity index (χ0v) is 25.4. The molecule has 9 heteroatoms. The molecule has 1 aromatic heterocycles. The van der Waals surface area contributed by atoms with Gasteiger partial charge in [-0.1, -0.05) is 106 Å². The van der Waals surface area contributed by atoms with E-state index in [1.165, 1.54) is 0 Å². The van der Waals surface area contributed by atoms with Gasteiger partial charge in [-0.25, -0.2) is 0 Å². The average molecular weight is 585 g/mol. The Morgan fingerprint density at radius 1 is 0.929 bits per heavy atom. The maximum absolute atomic E-state index is 13.8. The van der Waals surface area contributed by atoms with E-state index in [0.717, 1.165) is 40.7 Å². The van der Waals surface area contributed by atoms with Crippen LogP contribution in [0.4, 0.5) is 0 Å². The molecular weight excluding hydrogens is 544 g/mol. The molecule has 4 aromatic rings. The van der Waals surface area contributed by atoms with Gasteiger partial charge in [0.15, 0.2) is 0 Å². The van der Waals surface area contributed by atoms with Crippen molar-refractivity contribution in [2.24, 2.45) is 5.92 Å². The molecule has 8 nitrogen and oxygen atoms in total. The normalized spacial score (nSPS) is 12.6. The lowest BCUT2D eigenvalue weighted by molar-refractivity contribution is -0.143. The molecule has 3 aromatic carbocycles. The lowest BCUT2D eigenvalue weighted by atomic mass is 9.96. The van der Waals surface area contributed by atoms with Crippen LogP contribution in [0.25, 0.3) is 22.5 Å². The summed E-state index contributed by atoms with van der Waals surface area (Å²) in [4.78, 5) is 29.1. The number of carbonyl (C=O) groups excluding carboxylic acids is 2. The second-order valence-electron chi connectivity index (χ2n) is 10.9. The van der Waals surface area contributed by atoms with Crippen molar-refractivity contribution < 1.29 is 9.59 Å². The summed E-state index contributed by atoms with van der Waals surface area (Å²) in [5.41, 5.74) is 4.95. The van der Waals surface area contributed by atoms with E-state index in [9.17, 15) is 9.59 Å². The summed E-state index contributed by atoms with van der Waals surface area (Å²) >= 11 is 4.52. The monoisotopic (exact) mass is 584 g/mol. The van der Waals surface area contributed by atoms with Crippen LogP contribution in [0.3, 0.4) is 0 Å². The number of nitrogens with zero attached hydrogens (tertiary/aromatic N) is 4. The molecule has 0 radical (unpaired) electrons. The van der Waals surface area contributed by atoms with Gasteiger partial charge in [-0.15, -0.1) is 10.2 Å². The van der Waals surface area contributed by atoms with Crippen LogP contribution in [0.5, 0.6) is 0 Å². The van der Waals surface area contributed by atoms with Gasteiger partial charge < -0.3 is 10.2 Å². The Morgan fingerprint density at radius 3 is 2.24 bits per heavy atom. The van der Waals surface area contributed by atoms with E-state index >= 15 is 0 Å². The number of thiol groups is 1. The molecule has 1 heterocycles. The highest BCUT2D eigenvalue weighted by Crippen LogP contribution is 2.30. The fourth-order valence-electron chi connectivity index (χ4n) is 5.16. The Balaban J connectivity index is 1.56. The molecular formula is C33H40N6O2S. The van der Waals surface area contributed by atoms with Crippen LogP contribution < -0.4 is 5.32 Å². The Morgan fingerprint density at radius 2 is 1.62 bits per heavy atom. The molecule has 2 N–H and O–H groups in total. The first-order chi connectivity index (χ1) is 20.4. The highest BCUT2D eigenvalue weighted by Gasteiger charge is 2.33. The van der Waals surface area contributed by atoms with Gasteiger partial charge in [0, 0.05) is 30.3 Å². The number of hydrogen-bond acceptors (Lipinski definition) is 6. The standard InChI is InChI=1S/C33H40N6O2S/c1-4-5-15-30(40)39(31(23(2)3)33(41)34-27(22-42)20-24-11-7-6-8-12-24)21-25-16-18-26(19-17-25)28-13-9-10-14-29(28)32-35-37-38-36-32/h6-14,16-19,23,27,31,42H,4-5,15,20-22H2,1-3H3,(H,34,41)(H,35,36,37,38)/t27-,31+/m1/s1. The van der Waals surface area contributed by atoms with Crippen molar-refractivity contribution >= 4 is 24.4 Å². The van der Waals surface area contributed by atoms with Gasteiger partial charge in [0.2, 0.25) is 17.6 Å². The number of tetrazole rings is 1. The Hall–Kier alpha value is -3.98. The molecule has 0 saturated heterocycles. The fourth-order valence-corrected chi connectivity index (χ4v) is 5.38. The van der Waals surface area contributed by atoms with Crippen molar-refractivity contribution in [2.45, 2.75) is 65.1 Å². The van der Waals surface area contributed by atoms with E-state index < -0.39 is 6.04 Å². The van der Waals surface area contributed by atoms with E-state index in [-0.39, 0.29) is 23.8 Å². The van der Waals surface area contributed by atoms with E-state index in [1.807, 2.05) is 92.7 Å². The van der Waals surface area contributed by atoms with Crippen molar-refractivity contribution in [1.29, 1.82) is 0 Å². The van der Waals surface area contributed by atoms with E-state index in [0.29, 0.717) is 31.0 Å². The summed E-state index contributed by atoms with van der Waals surface area (Å²) in [6.07, 6.45) is 2.77. The minimum Gasteiger partial charge on any atom is -0.350 e. The summed E-state index contributed by atoms with van der Waals surface area (Å²) in [6.45, 7) is 6.40. The van der Waals surface area contributed by atoms with Crippen molar-refractivity contribution in [2.75, 3.05) is 5.75 Å². The zero-order valence-electron chi connectivity index (χ0n) is 24.5. The fraction of sp³-hybridized carbons (Fsp3) is 0.364. The lowest BCUT2D eigenvalue weighted by Crippen LogP contribution is -2.54. The van der Waals surface area contributed by atoms with Crippen LogP contribution in [0.1, 0.15) is 51.2 Å². The number of unbranched alkanes of at least 4 members (excludes halogenated alkanes) is 1. The lowest BCUT2D eigenvalue weighted by Gasteiger charge is -2.35. The van der Waals surface area contributed by atoms with Gasteiger partial charge in [0.05, 0.1) is 0 Å². The third-order valence-corrected chi connectivity index (χ3v) is 7.76. The number of aromatic amines is 1. The molecule has 4 rings (SSSR count). The predicted octanol–water partition coefficient (Wildman–Crippen LogP) is 5.73. The zero-order chi connectivity index (χ0) is 29.9. The first-order valence-corrected chi connectivity index (χ1v) is 15.2. The van der Waals surface area contributed by atoms with Gasteiger partial charge in [-0.2, -0.15) is 17.8 Å². The van der Waals surface area contributed by atoms with Crippen molar-refractivity contribution in [3.63, 3.8) is 0 Å². The molecule has 0 bridgehead atoms. The molecule has 220 valence electrons. The average Bonchev–Trinajstić information content (AvgIpc) is 3.55. The second kappa shape index (κ2) is 15.3. The highest BCUT2D eigenvalue weighted by atomic mass is 32.1. The Bertz CT molecular complexity index is 1410. The number of H-pyrrole nitrogens is 1. The Labute approximate surface area is 253 Å². The van der Waals surface area contributed by atoms with Crippen LogP contribution in [-0.4, -0.2) is 55.2 Å². The van der Waals surface area contributed by atoms with Gasteiger partial charge in [0.1, 0.15) is 6.04 Å². The maximum atomic E-state index is 13.8. The molecule has 42 heavy (non-hydrogen) atoms. The number of nitrogens with one attached hydrogen (secondary N) is 2. The van der Waals surface area contributed by atoms with Crippen LogP contribution in [0.2, 0.25) is 0 Å². The van der Waals surface area contributed by atoms with Crippen molar-refractivity contribution in [3.8, 4) is 22.5 Å². The van der Waals surface area contributed by atoms with E-state index in [4.69, 9.17) is 0 Å². The number of hydrogen-bond donors (Lipinski definition) is 3. The van der Waals surface area contributed by atoms with Gasteiger partial charge >= 0.3 is 0 Å². The molecule has 0 fully saturated rings. The summed E-state index contributed by atoms with van der Waals surface area (Å²) < 4.78 is 0. The molecule has 0 aliphatic rings. The van der Waals surface area contributed by atoms with E-state index in [1.54, 1.807) is 4.90 Å². The van der Waals surface area contributed by atoms with Crippen molar-refractivity contribution in [3.05, 3.63) is 90.0 Å². The van der Waals surface area contributed by atoms with Gasteiger partial charge in [0.25, 0.3) is 0 Å². The topological polar surface area (TPSA) is 104 Å². The summed E-state index contributed by atoms with van der Waals surface area (Å²) in [5, 5.41) is 17.7. The van der Waals surface area contributed by atoms with Crippen LogP contribution in [0, 0.1) is 5.92 Å². The number of rotatable bonds is 14. The minimum absolute atomic E-state index is 0.0114. The summed E-state index contributed by atoms with van der Waals surface area (Å²) in [7, 11) is 0. The molecule has 0 aliphatic heterocycles. The molecule has 2 atom stereocenters. The minimum atomic E-state index is -0.605. The largest absolute Gasteiger partial charge is 0.350 e. The van der Waals surface area contributed by atoms with Crippen molar-refractivity contribution in [1.82, 2.24) is 30.8 Å². The van der Waals surface area contributed by atoms with Crippen LogP contribution in [-0.2, 0) is 22.6 Å². The van der Waals surface area contributed by atoms with Crippen LogP contribution >= 0.6 is 12.6 Å². The third-order valence-electron chi connectivity index (χ3n) is 7.32. The number of amides is 2. The third kappa shape index (κ3) is 8.06. The molecule has 0 spiro atoms. The first kappa shape index (κ1) is 31.0. The number of benzene rings is 3. The molecule has 2 amide bonds. The first-order valence-electron chi connectivity index (χ1n) is 14.6. The smallest absolute Gasteiger partial charge is 0.243 e. The number of carbonyl (C=O) groups is 2. The van der Waals surface area contributed by atoms with Crippen LogP contribution in [0.15, 0.2) is 78.9 Å². The molecule has 0 saturated carbocycles. The summed E-state index contributed by atoms with van der Waals surface area (Å²) in [6, 6.07) is 25.3. The predicted molar refractivity (Wildman–Crippen MR) is 170 cm³/mol. The van der Waals surface area contributed by atoms with Gasteiger partial charge in [-0.3, -0.25) is 9.59 Å². The Kier molecular flexibility index (Phi) is 11.3. The van der Waals surface area contributed by atoms with Gasteiger partial charge in [-0.05, 0) is 46.2 Å². The molecule has 0 aliphatic carbocycles. The second-order valence-corrected chi connectivity index (χ2v) is 11.2. The summed E-state index contributed by atoms with van der Waals surface area (Å²) in [5.74, 6) is 0.800. The highest BCUT2D eigenvalue weighted by molar-refractivity contribution is 7.80. The van der Waals surface area contributed by atoms with E-state index in [2.05, 4.69) is 45.5 Å². The SMILES string of the molecule is CCCCC(=O)N(Cc1ccc(-c2ccccc2-c2nn[nH]n2)cc1)[C@H](C(=O)N[C@@H](CS)Cc1ccccc1)C(C)C. The quantitative estimate of drug-likeness (QED) is 0.164. The maximum Gasteiger partial charge on any atom is 0.243 e.